The van der Waals surface area contributed by atoms with Gasteiger partial charge < -0.3 is 14.8 Å². The lowest BCUT2D eigenvalue weighted by Crippen LogP contribution is -2.30. The van der Waals surface area contributed by atoms with E-state index in [-0.39, 0.29) is 11.2 Å². The molecule has 0 aliphatic rings. The second-order valence-corrected chi connectivity index (χ2v) is 2.14. The Bertz CT molecular complexity index is 281. The van der Waals surface area contributed by atoms with E-state index in [1.54, 1.807) is 0 Å². The Balaban J connectivity index is 3.05. The molecule has 0 saturated heterocycles. The van der Waals surface area contributed by atoms with Gasteiger partial charge in [0, 0.05) is 11.7 Å². The first-order valence-electron chi connectivity index (χ1n) is 3.20. The Labute approximate surface area is 68.8 Å². The Kier molecular flexibility index (Phi) is 2.62. The van der Waals surface area contributed by atoms with E-state index in [2.05, 4.69) is 9.72 Å². The van der Waals surface area contributed by atoms with E-state index in [1.165, 1.54) is 13.2 Å². The predicted octanol–water partition coefficient (Wildman–Crippen LogP) is -1.09. The Morgan fingerprint density at radius 3 is 2.75 bits per heavy atom. The van der Waals surface area contributed by atoms with Gasteiger partial charge in [-0.3, -0.25) is 0 Å². The standard InChI is InChI=1S/C6H7BFNO3/c1-12-5-2-4(7(10)11)3-9-6(5)8/h2-3,10-11H,1H3. The van der Waals surface area contributed by atoms with Gasteiger partial charge in [0.1, 0.15) is 0 Å². The normalized spacial score (nSPS) is 9.67. The van der Waals surface area contributed by atoms with Gasteiger partial charge >= 0.3 is 7.12 Å². The summed E-state index contributed by atoms with van der Waals surface area (Å²) >= 11 is 0. The Morgan fingerprint density at radius 2 is 2.25 bits per heavy atom. The molecular weight excluding hydrogens is 164 g/mol. The molecule has 0 unspecified atom stereocenters. The molecule has 12 heavy (non-hydrogen) atoms. The number of pyridine rings is 1. The molecule has 6 heteroatoms. The molecule has 0 bridgehead atoms. The zero-order valence-electron chi connectivity index (χ0n) is 6.36. The number of methoxy groups -OCH3 is 1. The second kappa shape index (κ2) is 3.51. The summed E-state index contributed by atoms with van der Waals surface area (Å²) in [6.07, 6.45) is 1.03. The van der Waals surface area contributed by atoms with Crippen LogP contribution in [0.4, 0.5) is 4.39 Å². The first-order chi connectivity index (χ1) is 5.65. The van der Waals surface area contributed by atoms with Crippen molar-refractivity contribution in [1.29, 1.82) is 0 Å². The lowest BCUT2D eigenvalue weighted by Gasteiger charge is -2.02. The van der Waals surface area contributed by atoms with E-state index in [0.29, 0.717) is 0 Å². The van der Waals surface area contributed by atoms with E-state index in [4.69, 9.17) is 10.0 Å². The van der Waals surface area contributed by atoms with Gasteiger partial charge in [-0.15, -0.1) is 0 Å². The van der Waals surface area contributed by atoms with E-state index in [1.807, 2.05) is 0 Å². The summed E-state index contributed by atoms with van der Waals surface area (Å²) in [6, 6.07) is 1.17. The van der Waals surface area contributed by atoms with Gasteiger partial charge in [-0.2, -0.15) is 4.39 Å². The fourth-order valence-electron chi connectivity index (χ4n) is 0.727. The van der Waals surface area contributed by atoms with Crippen molar-refractivity contribution in [3.8, 4) is 5.75 Å². The smallest absolute Gasteiger partial charge is 0.490 e. The molecule has 0 fully saturated rings. The third-order valence-electron chi connectivity index (χ3n) is 1.35. The highest BCUT2D eigenvalue weighted by Crippen LogP contribution is 2.10. The first-order valence-corrected chi connectivity index (χ1v) is 3.20. The molecule has 0 saturated carbocycles. The van der Waals surface area contributed by atoms with Gasteiger partial charge in [0.15, 0.2) is 5.75 Å². The maximum Gasteiger partial charge on any atom is 0.490 e. The summed E-state index contributed by atoms with van der Waals surface area (Å²) in [5, 5.41) is 17.3. The summed E-state index contributed by atoms with van der Waals surface area (Å²) in [6.45, 7) is 0. The van der Waals surface area contributed by atoms with Crippen LogP contribution in [0.1, 0.15) is 0 Å². The Morgan fingerprint density at radius 1 is 1.58 bits per heavy atom. The van der Waals surface area contributed by atoms with Crippen LogP contribution in [0.3, 0.4) is 0 Å². The van der Waals surface area contributed by atoms with Crippen LogP contribution in [-0.2, 0) is 0 Å². The molecule has 4 nitrogen and oxygen atoms in total. The average molecular weight is 171 g/mol. The van der Waals surface area contributed by atoms with Gasteiger partial charge in [-0.1, -0.05) is 0 Å². The van der Waals surface area contributed by atoms with Gasteiger partial charge in [0.05, 0.1) is 7.11 Å². The molecule has 0 amide bonds. The SMILES string of the molecule is COc1cc(B(O)O)cnc1F. The predicted molar refractivity (Wildman–Crippen MR) is 40.6 cm³/mol. The highest BCUT2D eigenvalue weighted by Gasteiger charge is 2.14. The Hall–Kier alpha value is -1.14. The summed E-state index contributed by atoms with van der Waals surface area (Å²) in [5.74, 6) is -0.887. The van der Waals surface area contributed by atoms with E-state index in [9.17, 15) is 4.39 Å². The summed E-state index contributed by atoms with van der Waals surface area (Å²) in [4.78, 5) is 3.26. The molecule has 64 valence electrons. The van der Waals surface area contributed by atoms with Crippen molar-refractivity contribution in [2.75, 3.05) is 7.11 Å². The molecule has 1 aromatic rings. The van der Waals surface area contributed by atoms with Crippen molar-refractivity contribution >= 4 is 12.6 Å². The molecule has 0 aliphatic carbocycles. The second-order valence-electron chi connectivity index (χ2n) is 2.14. The minimum Gasteiger partial charge on any atom is -0.492 e. The zero-order valence-corrected chi connectivity index (χ0v) is 6.36. The summed E-state index contributed by atoms with van der Waals surface area (Å²) in [7, 11) is -0.389. The van der Waals surface area contributed by atoms with Crippen LogP contribution in [0.2, 0.25) is 0 Å². The number of halogens is 1. The van der Waals surface area contributed by atoms with Crippen LogP contribution in [0.15, 0.2) is 12.3 Å². The third kappa shape index (κ3) is 1.72. The van der Waals surface area contributed by atoms with Crippen molar-refractivity contribution < 1.29 is 19.2 Å². The number of nitrogens with zero attached hydrogens (tertiary/aromatic N) is 1. The number of hydrogen-bond donors (Lipinski definition) is 2. The molecule has 1 heterocycles. The van der Waals surface area contributed by atoms with Gasteiger partial charge in [-0.25, -0.2) is 4.98 Å². The maximum atomic E-state index is 12.6. The molecule has 2 N–H and O–H groups in total. The minimum atomic E-state index is -1.66. The van der Waals surface area contributed by atoms with Crippen LogP contribution in [0.5, 0.6) is 5.75 Å². The molecule has 1 rings (SSSR count). The lowest BCUT2D eigenvalue weighted by molar-refractivity contribution is 0.377. The molecule has 0 aromatic carbocycles. The molecule has 0 atom stereocenters. The van der Waals surface area contributed by atoms with Crippen molar-refractivity contribution in [2.24, 2.45) is 0 Å². The first kappa shape index (κ1) is 8.96. The van der Waals surface area contributed by atoms with Crippen LogP contribution in [0, 0.1) is 5.95 Å². The zero-order chi connectivity index (χ0) is 9.14. The van der Waals surface area contributed by atoms with Crippen LogP contribution in [0.25, 0.3) is 0 Å². The van der Waals surface area contributed by atoms with Crippen LogP contribution < -0.4 is 10.2 Å². The summed E-state index contributed by atoms with van der Waals surface area (Å²) in [5.41, 5.74) is 0.0910. The van der Waals surface area contributed by atoms with E-state index >= 15 is 0 Å². The minimum absolute atomic E-state index is 0.0910. The van der Waals surface area contributed by atoms with Crippen LogP contribution in [-0.4, -0.2) is 29.3 Å². The molecule has 0 aliphatic heterocycles. The monoisotopic (exact) mass is 171 g/mol. The fourth-order valence-corrected chi connectivity index (χ4v) is 0.727. The number of ether oxygens (including phenoxy) is 1. The highest BCUT2D eigenvalue weighted by atomic mass is 19.1. The van der Waals surface area contributed by atoms with Gasteiger partial charge in [-0.05, 0) is 6.07 Å². The van der Waals surface area contributed by atoms with Crippen molar-refractivity contribution in [1.82, 2.24) is 4.98 Å². The number of rotatable bonds is 2. The molecule has 0 radical (unpaired) electrons. The summed E-state index contributed by atoms with van der Waals surface area (Å²) < 4.78 is 17.2. The maximum absolute atomic E-state index is 12.6. The number of aromatic nitrogens is 1. The lowest BCUT2D eigenvalue weighted by atomic mass is 9.82. The highest BCUT2D eigenvalue weighted by molar-refractivity contribution is 6.58. The molecular formula is C6H7BFNO3. The van der Waals surface area contributed by atoms with Crippen molar-refractivity contribution in [2.45, 2.75) is 0 Å². The third-order valence-corrected chi connectivity index (χ3v) is 1.35. The van der Waals surface area contributed by atoms with Crippen molar-refractivity contribution in [3.05, 3.63) is 18.2 Å². The topological polar surface area (TPSA) is 62.6 Å². The van der Waals surface area contributed by atoms with E-state index in [0.717, 1.165) is 6.20 Å². The molecule has 1 aromatic heterocycles. The van der Waals surface area contributed by atoms with Gasteiger partial charge in [0.25, 0.3) is 5.95 Å². The number of hydrogen-bond acceptors (Lipinski definition) is 4. The van der Waals surface area contributed by atoms with Gasteiger partial charge in [0.2, 0.25) is 0 Å². The van der Waals surface area contributed by atoms with Crippen LogP contribution >= 0.6 is 0 Å². The largest absolute Gasteiger partial charge is 0.492 e. The average Bonchev–Trinajstić information content (AvgIpc) is 2.05. The quantitative estimate of drug-likeness (QED) is 0.438. The molecule has 0 spiro atoms. The van der Waals surface area contributed by atoms with Crippen molar-refractivity contribution in [3.63, 3.8) is 0 Å². The fraction of sp³-hybridized carbons (Fsp3) is 0.167. The van der Waals surface area contributed by atoms with E-state index < -0.39 is 13.1 Å².